The fourth-order valence-electron chi connectivity index (χ4n) is 1.71. The maximum Gasteiger partial charge on any atom is 0.232 e. The van der Waals surface area contributed by atoms with Crippen LogP contribution in [0.1, 0.15) is 16.2 Å². The first kappa shape index (κ1) is 14.0. The van der Waals surface area contributed by atoms with Crippen LogP contribution in [0.25, 0.3) is 0 Å². The molecule has 2 rings (SSSR count). The summed E-state index contributed by atoms with van der Waals surface area (Å²) in [5, 5.41) is 8.37. The summed E-state index contributed by atoms with van der Waals surface area (Å²) in [4.78, 5) is 14.5. The Morgan fingerprint density at radius 2 is 2.21 bits per heavy atom. The van der Waals surface area contributed by atoms with Gasteiger partial charge in [-0.3, -0.25) is 14.2 Å². The molecule has 2 aromatic rings. The van der Waals surface area contributed by atoms with Crippen LogP contribution in [-0.4, -0.2) is 50.9 Å². The Kier molecular flexibility index (Phi) is 4.16. The number of carbonyl (C=O) groups excluding carboxylic acids is 1. The second-order valence-corrected chi connectivity index (χ2v) is 5.43. The summed E-state index contributed by atoms with van der Waals surface area (Å²) in [6.07, 6.45) is 3.40. The first-order chi connectivity index (χ1) is 8.99. The van der Waals surface area contributed by atoms with Crippen molar-refractivity contribution in [2.75, 3.05) is 20.6 Å². The molecule has 2 aromatic heterocycles. The molecule has 0 amide bonds. The van der Waals surface area contributed by atoms with Crippen molar-refractivity contribution >= 4 is 21.7 Å². The summed E-state index contributed by atoms with van der Waals surface area (Å²) in [5.74, 6) is -0.122. The van der Waals surface area contributed by atoms with Gasteiger partial charge in [0.2, 0.25) is 5.78 Å². The van der Waals surface area contributed by atoms with E-state index >= 15 is 0 Å². The summed E-state index contributed by atoms with van der Waals surface area (Å²) in [6.45, 7) is 1.48. The third kappa shape index (κ3) is 3.10. The van der Waals surface area contributed by atoms with Gasteiger partial charge in [0.05, 0.1) is 17.2 Å². The molecule has 102 valence electrons. The summed E-state index contributed by atoms with van der Waals surface area (Å²) in [5.41, 5.74) is 0.968. The topological polar surface area (TPSA) is 56.0 Å². The minimum Gasteiger partial charge on any atom is -0.308 e. The summed E-state index contributed by atoms with van der Waals surface area (Å²) in [6, 6.07) is 1.71. The maximum absolute atomic E-state index is 12.4. The molecular weight excluding hydrogens is 310 g/mol. The van der Waals surface area contributed by atoms with Gasteiger partial charge in [0.15, 0.2) is 0 Å². The van der Waals surface area contributed by atoms with Crippen LogP contribution in [0, 0.1) is 0 Å². The minimum absolute atomic E-state index is 0.122. The van der Waals surface area contributed by atoms with E-state index in [4.69, 9.17) is 0 Å². The van der Waals surface area contributed by atoms with Crippen molar-refractivity contribution in [3.8, 4) is 0 Å². The zero-order chi connectivity index (χ0) is 14.0. The lowest BCUT2D eigenvalue weighted by Gasteiger charge is -2.11. The lowest BCUT2D eigenvalue weighted by molar-refractivity contribution is 0.102. The summed E-state index contributed by atoms with van der Waals surface area (Å²) >= 11 is 3.38. The molecule has 0 aromatic carbocycles. The predicted octanol–water partition coefficient (Wildman–Crippen LogP) is 1.17. The van der Waals surface area contributed by atoms with Crippen molar-refractivity contribution in [1.82, 2.24) is 24.5 Å². The first-order valence-electron chi connectivity index (χ1n) is 5.89. The molecule has 0 fully saturated rings. The second-order valence-electron chi connectivity index (χ2n) is 4.57. The molecule has 6 nitrogen and oxygen atoms in total. The van der Waals surface area contributed by atoms with Gasteiger partial charge in [-0.15, -0.1) is 0 Å². The van der Waals surface area contributed by atoms with Gasteiger partial charge in [-0.05, 0) is 36.1 Å². The second kappa shape index (κ2) is 5.66. The smallest absolute Gasteiger partial charge is 0.232 e. The lowest BCUT2D eigenvalue weighted by atomic mass is 10.2. The van der Waals surface area contributed by atoms with Gasteiger partial charge in [0.1, 0.15) is 11.4 Å². The molecule has 2 heterocycles. The van der Waals surface area contributed by atoms with Crippen LogP contribution in [-0.2, 0) is 13.6 Å². The molecular formula is C12H16BrN5O. The molecule has 0 atom stereocenters. The number of likely N-dealkylation sites (N-methyl/N-ethyl adjacent to an activating group) is 1. The quantitative estimate of drug-likeness (QED) is 0.774. The van der Waals surface area contributed by atoms with Crippen molar-refractivity contribution < 1.29 is 4.79 Å². The molecule has 0 bridgehead atoms. The number of ketones is 1. The van der Waals surface area contributed by atoms with Gasteiger partial charge in [-0.2, -0.15) is 10.2 Å². The Bertz CT molecular complexity index is 587. The highest BCUT2D eigenvalue weighted by molar-refractivity contribution is 9.10. The van der Waals surface area contributed by atoms with E-state index < -0.39 is 0 Å². The molecule has 0 aliphatic heterocycles. The van der Waals surface area contributed by atoms with E-state index in [0.29, 0.717) is 22.4 Å². The van der Waals surface area contributed by atoms with Crippen LogP contribution in [0.5, 0.6) is 0 Å². The van der Waals surface area contributed by atoms with Gasteiger partial charge in [0, 0.05) is 19.8 Å². The van der Waals surface area contributed by atoms with E-state index in [1.165, 1.54) is 0 Å². The van der Waals surface area contributed by atoms with Gasteiger partial charge in [0.25, 0.3) is 0 Å². The Labute approximate surface area is 120 Å². The van der Waals surface area contributed by atoms with Gasteiger partial charge in [-0.1, -0.05) is 0 Å². The average Bonchev–Trinajstić information content (AvgIpc) is 2.92. The van der Waals surface area contributed by atoms with E-state index in [0.717, 1.165) is 6.54 Å². The molecule has 19 heavy (non-hydrogen) atoms. The standard InChI is InChI=1S/C12H16BrN5O/c1-16(2)6-7-18-11(9(13)8-14-18)12(19)10-4-5-17(3)15-10/h4-5,8H,6-7H2,1-3H3. The molecule has 0 aliphatic rings. The third-order valence-electron chi connectivity index (χ3n) is 2.72. The Morgan fingerprint density at radius 3 is 2.79 bits per heavy atom. The summed E-state index contributed by atoms with van der Waals surface area (Å²) < 4.78 is 4.02. The normalized spacial score (nSPS) is 11.2. The number of aryl methyl sites for hydroxylation is 1. The SMILES string of the molecule is CN(C)CCn1ncc(Br)c1C(=O)c1ccn(C)n1. The van der Waals surface area contributed by atoms with Crippen molar-refractivity contribution in [3.05, 3.63) is 34.3 Å². The Balaban J connectivity index is 2.28. The van der Waals surface area contributed by atoms with Crippen LogP contribution < -0.4 is 0 Å². The molecule has 0 unspecified atom stereocenters. The van der Waals surface area contributed by atoms with Gasteiger partial charge < -0.3 is 4.90 Å². The lowest BCUT2D eigenvalue weighted by Crippen LogP contribution is -2.22. The number of rotatable bonds is 5. The first-order valence-corrected chi connectivity index (χ1v) is 6.68. The fourth-order valence-corrected chi connectivity index (χ4v) is 2.19. The largest absolute Gasteiger partial charge is 0.308 e. The highest BCUT2D eigenvalue weighted by Crippen LogP contribution is 2.19. The van der Waals surface area contributed by atoms with Crippen molar-refractivity contribution in [1.29, 1.82) is 0 Å². The number of hydrogen-bond acceptors (Lipinski definition) is 4. The van der Waals surface area contributed by atoms with Gasteiger partial charge in [-0.25, -0.2) is 0 Å². The van der Waals surface area contributed by atoms with E-state index in [2.05, 4.69) is 26.1 Å². The van der Waals surface area contributed by atoms with Crippen molar-refractivity contribution in [3.63, 3.8) is 0 Å². The average molecular weight is 326 g/mol. The molecule has 0 saturated heterocycles. The highest BCUT2D eigenvalue weighted by Gasteiger charge is 2.20. The minimum atomic E-state index is -0.122. The van der Waals surface area contributed by atoms with Crippen LogP contribution in [0.3, 0.4) is 0 Å². The predicted molar refractivity (Wildman–Crippen MR) is 75.1 cm³/mol. The maximum atomic E-state index is 12.4. The van der Waals surface area contributed by atoms with E-state index in [9.17, 15) is 4.79 Å². The summed E-state index contributed by atoms with van der Waals surface area (Å²) in [7, 11) is 5.76. The Hall–Kier alpha value is -1.47. The number of halogens is 1. The molecule has 0 saturated carbocycles. The fraction of sp³-hybridized carbons (Fsp3) is 0.417. The number of nitrogens with zero attached hydrogens (tertiary/aromatic N) is 5. The molecule has 0 radical (unpaired) electrons. The van der Waals surface area contributed by atoms with Crippen molar-refractivity contribution in [2.45, 2.75) is 6.54 Å². The number of aromatic nitrogens is 4. The van der Waals surface area contributed by atoms with E-state index in [1.54, 1.807) is 34.9 Å². The third-order valence-corrected chi connectivity index (χ3v) is 3.30. The van der Waals surface area contributed by atoms with E-state index in [-0.39, 0.29) is 5.78 Å². The van der Waals surface area contributed by atoms with Gasteiger partial charge >= 0.3 is 0 Å². The van der Waals surface area contributed by atoms with E-state index in [1.807, 2.05) is 19.0 Å². The van der Waals surface area contributed by atoms with Crippen LogP contribution in [0.4, 0.5) is 0 Å². The van der Waals surface area contributed by atoms with Crippen LogP contribution in [0.15, 0.2) is 22.9 Å². The molecule has 7 heteroatoms. The molecule has 0 spiro atoms. The molecule has 0 N–H and O–H groups in total. The van der Waals surface area contributed by atoms with Crippen LogP contribution in [0.2, 0.25) is 0 Å². The van der Waals surface area contributed by atoms with Crippen molar-refractivity contribution in [2.24, 2.45) is 7.05 Å². The highest BCUT2D eigenvalue weighted by atomic mass is 79.9. The molecule has 0 aliphatic carbocycles. The zero-order valence-corrected chi connectivity index (χ0v) is 12.8. The number of carbonyl (C=O) groups is 1. The number of hydrogen-bond donors (Lipinski definition) is 0. The zero-order valence-electron chi connectivity index (χ0n) is 11.2. The Morgan fingerprint density at radius 1 is 1.47 bits per heavy atom. The van der Waals surface area contributed by atoms with Crippen LogP contribution >= 0.6 is 15.9 Å². The monoisotopic (exact) mass is 325 g/mol.